The van der Waals surface area contributed by atoms with Gasteiger partial charge in [0.1, 0.15) is 6.29 Å². The van der Waals surface area contributed by atoms with Crippen LogP contribution < -0.4 is 0 Å². The lowest BCUT2D eigenvalue weighted by Gasteiger charge is -2.07. The molecule has 60 valence electrons. The number of allylic oxidation sites excluding steroid dienone is 2. The van der Waals surface area contributed by atoms with Gasteiger partial charge in [0.05, 0.1) is 0 Å². The van der Waals surface area contributed by atoms with Crippen LogP contribution in [0.25, 0.3) is 0 Å². The second-order valence-corrected chi connectivity index (χ2v) is 2.45. The fraction of sp³-hybridized carbons (Fsp3) is 0.400. The van der Waals surface area contributed by atoms with E-state index in [0.717, 1.165) is 18.3 Å². The highest BCUT2D eigenvalue weighted by Crippen LogP contribution is 2.15. The summed E-state index contributed by atoms with van der Waals surface area (Å²) in [6.07, 6.45) is 4.15. The van der Waals surface area contributed by atoms with E-state index in [-0.39, 0.29) is 5.92 Å². The van der Waals surface area contributed by atoms with Gasteiger partial charge in [0.2, 0.25) is 0 Å². The van der Waals surface area contributed by atoms with Crippen LogP contribution in [0.4, 0.5) is 0 Å². The zero-order valence-corrected chi connectivity index (χ0v) is 6.97. The molecular weight excluding hydrogens is 136 g/mol. The summed E-state index contributed by atoms with van der Waals surface area (Å²) in [5.41, 5.74) is 3.86. The van der Waals surface area contributed by atoms with Crippen molar-refractivity contribution in [1.29, 1.82) is 0 Å². The summed E-state index contributed by atoms with van der Waals surface area (Å²) in [4.78, 5) is 10.1. The van der Waals surface area contributed by atoms with Crippen molar-refractivity contribution in [3.8, 4) is 0 Å². The minimum Gasteiger partial charge on any atom is -0.303 e. The van der Waals surface area contributed by atoms with Crippen molar-refractivity contribution in [2.75, 3.05) is 0 Å². The molecule has 0 aromatic rings. The van der Waals surface area contributed by atoms with E-state index in [9.17, 15) is 4.79 Å². The summed E-state index contributed by atoms with van der Waals surface area (Å²) < 4.78 is 0. The van der Waals surface area contributed by atoms with Gasteiger partial charge in [0, 0.05) is 12.3 Å². The molecule has 0 aromatic carbocycles. The van der Waals surface area contributed by atoms with Crippen LogP contribution in [0.1, 0.15) is 19.8 Å². The molecule has 0 aromatic heterocycles. The highest BCUT2D eigenvalue weighted by atomic mass is 16.1. The van der Waals surface area contributed by atoms with Gasteiger partial charge in [-0.1, -0.05) is 12.7 Å². The van der Waals surface area contributed by atoms with Gasteiger partial charge < -0.3 is 4.79 Å². The van der Waals surface area contributed by atoms with Crippen molar-refractivity contribution >= 4 is 6.29 Å². The number of hydrogen-bond donors (Lipinski definition) is 0. The van der Waals surface area contributed by atoms with Crippen molar-refractivity contribution in [2.45, 2.75) is 19.8 Å². The summed E-state index contributed by atoms with van der Waals surface area (Å²) >= 11 is 0. The normalized spacial score (nSPS) is 11.4. The molecule has 1 heteroatoms. The van der Waals surface area contributed by atoms with Gasteiger partial charge in [-0.2, -0.15) is 0 Å². The van der Waals surface area contributed by atoms with Crippen molar-refractivity contribution in [3.63, 3.8) is 0 Å². The summed E-state index contributed by atoms with van der Waals surface area (Å²) in [6, 6.07) is 0. The van der Waals surface area contributed by atoms with E-state index in [1.54, 1.807) is 0 Å². The zero-order valence-electron chi connectivity index (χ0n) is 6.97. The lowest BCUT2D eigenvalue weighted by Crippen LogP contribution is -1.97. The van der Waals surface area contributed by atoms with Gasteiger partial charge >= 0.3 is 0 Å². The van der Waals surface area contributed by atoms with Crippen molar-refractivity contribution in [2.24, 2.45) is 5.92 Å². The second-order valence-electron chi connectivity index (χ2n) is 2.45. The van der Waals surface area contributed by atoms with Gasteiger partial charge in [-0.3, -0.25) is 0 Å². The molecule has 0 aliphatic heterocycles. The third-order valence-corrected chi connectivity index (χ3v) is 1.72. The summed E-state index contributed by atoms with van der Waals surface area (Å²) in [5.74, 6) is 0.262. The molecule has 0 spiro atoms. The maximum absolute atomic E-state index is 10.1. The van der Waals surface area contributed by atoms with E-state index < -0.39 is 0 Å². The van der Waals surface area contributed by atoms with Crippen LogP contribution in [0.2, 0.25) is 0 Å². The van der Waals surface area contributed by atoms with Gasteiger partial charge in [-0.25, -0.2) is 0 Å². The first kappa shape index (κ1) is 9.93. The molecule has 0 fully saturated rings. The molecule has 1 unspecified atom stereocenters. The zero-order chi connectivity index (χ0) is 8.69. The average Bonchev–Trinajstić information content (AvgIpc) is 2.05. The topological polar surface area (TPSA) is 17.1 Å². The number of rotatable bonds is 5. The molecule has 0 saturated carbocycles. The number of hydrogen-bond acceptors (Lipinski definition) is 1. The van der Waals surface area contributed by atoms with Crippen LogP contribution in [-0.4, -0.2) is 6.29 Å². The van der Waals surface area contributed by atoms with Crippen LogP contribution in [-0.2, 0) is 4.79 Å². The first-order chi connectivity index (χ1) is 5.26. The number of carbonyl (C=O) groups is 1. The van der Waals surface area contributed by atoms with Crippen molar-refractivity contribution in [1.82, 2.24) is 0 Å². The molecule has 0 rings (SSSR count). The molecule has 0 aliphatic carbocycles. The maximum atomic E-state index is 10.1. The van der Waals surface area contributed by atoms with Gasteiger partial charge in [-0.05, 0) is 18.9 Å². The third kappa shape index (κ3) is 3.59. The lowest BCUT2D eigenvalue weighted by molar-refractivity contribution is -0.108. The van der Waals surface area contributed by atoms with E-state index in [2.05, 4.69) is 18.9 Å². The first-order valence-electron chi connectivity index (χ1n) is 3.69. The Morgan fingerprint density at radius 2 is 2.36 bits per heavy atom. The van der Waals surface area contributed by atoms with E-state index in [4.69, 9.17) is 0 Å². The minimum absolute atomic E-state index is 0.262. The third-order valence-electron chi connectivity index (χ3n) is 1.72. The Morgan fingerprint density at radius 1 is 1.73 bits per heavy atom. The smallest absolute Gasteiger partial charge is 0.120 e. The summed E-state index contributed by atoms with van der Waals surface area (Å²) in [7, 11) is 0. The SMILES string of the molecule is C=C=C(C)C(C=C)CCC=O. The highest BCUT2D eigenvalue weighted by Gasteiger charge is 2.03. The van der Waals surface area contributed by atoms with Gasteiger partial charge in [-0.15, -0.1) is 12.3 Å². The Labute approximate surface area is 68.1 Å². The molecule has 0 heterocycles. The van der Waals surface area contributed by atoms with Crippen molar-refractivity contribution in [3.05, 3.63) is 30.5 Å². The number of aldehydes is 1. The largest absolute Gasteiger partial charge is 0.303 e. The molecule has 0 bridgehead atoms. The maximum Gasteiger partial charge on any atom is 0.120 e. The number of carbonyl (C=O) groups excluding carboxylic acids is 1. The minimum atomic E-state index is 0.262. The molecular formula is C10H14O. The fourth-order valence-electron chi connectivity index (χ4n) is 0.890. The average molecular weight is 150 g/mol. The lowest BCUT2D eigenvalue weighted by atomic mass is 9.96. The Balaban J connectivity index is 4.05. The molecule has 0 N–H and O–H groups in total. The molecule has 1 atom stereocenters. The quantitative estimate of drug-likeness (QED) is 0.334. The van der Waals surface area contributed by atoms with E-state index in [1.807, 2.05) is 13.0 Å². The van der Waals surface area contributed by atoms with E-state index in [0.29, 0.717) is 6.42 Å². The predicted molar refractivity (Wildman–Crippen MR) is 47.3 cm³/mol. The Bertz CT molecular complexity index is 185. The molecule has 11 heavy (non-hydrogen) atoms. The highest BCUT2D eigenvalue weighted by molar-refractivity contribution is 5.49. The van der Waals surface area contributed by atoms with Crippen molar-refractivity contribution < 1.29 is 4.79 Å². The summed E-state index contributed by atoms with van der Waals surface area (Å²) in [6.45, 7) is 9.17. The molecule has 0 aliphatic rings. The molecule has 1 nitrogen and oxygen atoms in total. The Kier molecular flexibility index (Phi) is 5.14. The second kappa shape index (κ2) is 5.70. The standard InChI is InChI=1S/C10H14O/c1-4-9(3)10(5-2)7-6-8-11/h5,8,10H,1-2,6-7H2,3H3. The first-order valence-corrected chi connectivity index (χ1v) is 3.69. The monoisotopic (exact) mass is 150 g/mol. The molecule has 0 saturated heterocycles. The Hall–Kier alpha value is -1.07. The van der Waals surface area contributed by atoms with Crippen LogP contribution in [0.5, 0.6) is 0 Å². The molecule has 0 radical (unpaired) electrons. The fourth-order valence-corrected chi connectivity index (χ4v) is 0.890. The Morgan fingerprint density at radius 3 is 2.73 bits per heavy atom. The molecule has 0 amide bonds. The van der Waals surface area contributed by atoms with E-state index in [1.165, 1.54) is 0 Å². The predicted octanol–water partition coefficient (Wildman–Crippen LogP) is 2.50. The van der Waals surface area contributed by atoms with Crippen LogP contribution in [0.3, 0.4) is 0 Å². The van der Waals surface area contributed by atoms with E-state index >= 15 is 0 Å². The van der Waals surface area contributed by atoms with Gasteiger partial charge in [0.25, 0.3) is 0 Å². The van der Waals surface area contributed by atoms with Gasteiger partial charge in [0.15, 0.2) is 0 Å². The summed E-state index contributed by atoms with van der Waals surface area (Å²) in [5, 5.41) is 0. The van der Waals surface area contributed by atoms with Crippen LogP contribution >= 0.6 is 0 Å². The van der Waals surface area contributed by atoms with Crippen LogP contribution in [0.15, 0.2) is 30.5 Å². The van der Waals surface area contributed by atoms with Crippen LogP contribution in [0, 0.1) is 5.92 Å².